The number of fused-ring (bicyclic) bond motifs is 1. The summed E-state index contributed by atoms with van der Waals surface area (Å²) in [6.45, 7) is 13.1. The van der Waals surface area contributed by atoms with Crippen LogP contribution in [0.4, 0.5) is 0 Å². The SMILES string of the molecule is CCC(C)[C@@H]1NC(=O)C2CCCN2C(=O)C(CC(C)C)OC(=O)CCNC(=O)C(C)N(C)C(=O)C(C(C)C)N(C)C1=O. The molecule has 2 fully saturated rings. The third-order valence-electron chi connectivity index (χ3n) is 8.44. The van der Waals surface area contributed by atoms with Gasteiger partial charge in [0, 0.05) is 27.2 Å². The van der Waals surface area contributed by atoms with Crippen LogP contribution in [0.15, 0.2) is 0 Å². The van der Waals surface area contributed by atoms with E-state index < -0.39 is 65.8 Å². The van der Waals surface area contributed by atoms with Crippen molar-refractivity contribution < 1.29 is 33.5 Å². The van der Waals surface area contributed by atoms with Crippen molar-refractivity contribution in [3.8, 4) is 0 Å². The minimum absolute atomic E-state index is 0.0358. The smallest absolute Gasteiger partial charge is 0.308 e. The molecule has 2 saturated heterocycles. The van der Waals surface area contributed by atoms with Crippen molar-refractivity contribution in [1.82, 2.24) is 25.3 Å². The molecular formula is C30H51N5O7. The second-order valence-corrected chi connectivity index (χ2v) is 12.5. The van der Waals surface area contributed by atoms with Gasteiger partial charge in [-0.1, -0.05) is 48.0 Å². The molecule has 0 aliphatic carbocycles. The number of hydrogen-bond donors (Lipinski definition) is 2. The normalized spacial score (nSPS) is 28.6. The summed E-state index contributed by atoms with van der Waals surface area (Å²) >= 11 is 0. The molecule has 2 N–H and O–H groups in total. The van der Waals surface area contributed by atoms with E-state index in [1.807, 2.05) is 41.5 Å². The molecule has 2 heterocycles. The average Bonchev–Trinajstić information content (AvgIpc) is 3.42. The molecule has 12 nitrogen and oxygen atoms in total. The Hall–Kier alpha value is -3.18. The number of carbonyl (C=O) groups is 6. The van der Waals surface area contributed by atoms with E-state index >= 15 is 0 Å². The van der Waals surface area contributed by atoms with Crippen LogP contribution >= 0.6 is 0 Å². The molecule has 5 unspecified atom stereocenters. The van der Waals surface area contributed by atoms with Gasteiger partial charge in [-0.05, 0) is 43.9 Å². The van der Waals surface area contributed by atoms with Crippen molar-refractivity contribution in [3.05, 3.63) is 0 Å². The molecule has 2 aliphatic heterocycles. The molecule has 42 heavy (non-hydrogen) atoms. The van der Waals surface area contributed by atoms with Gasteiger partial charge >= 0.3 is 5.97 Å². The summed E-state index contributed by atoms with van der Waals surface area (Å²) in [5.74, 6) is -3.36. The number of amides is 5. The molecular weight excluding hydrogens is 542 g/mol. The van der Waals surface area contributed by atoms with Crippen molar-refractivity contribution in [2.24, 2.45) is 17.8 Å². The van der Waals surface area contributed by atoms with Crippen molar-refractivity contribution in [3.63, 3.8) is 0 Å². The molecule has 0 aromatic carbocycles. The Morgan fingerprint density at radius 3 is 2.12 bits per heavy atom. The van der Waals surface area contributed by atoms with E-state index in [4.69, 9.17) is 4.74 Å². The summed E-state index contributed by atoms with van der Waals surface area (Å²) in [6, 6.07) is -3.52. The first-order valence-corrected chi connectivity index (χ1v) is 15.2. The standard InChI is InChI=1S/C30H51N5O7/c1-10-19(6)24-29(40)34(9)25(18(4)5)30(41)33(8)20(7)26(37)31-14-13-23(36)42-22(16-17(2)3)28(39)35-15-11-12-21(35)27(38)32-24/h17-22,24-25H,10-16H2,1-9H3,(H,31,37)(H,32,38)/t19?,20?,21?,22?,24-,25?/m0/s1. The fourth-order valence-electron chi connectivity index (χ4n) is 5.53. The van der Waals surface area contributed by atoms with Crippen LogP contribution in [0.2, 0.25) is 0 Å². The molecule has 238 valence electrons. The zero-order valence-electron chi connectivity index (χ0n) is 26.8. The zero-order valence-corrected chi connectivity index (χ0v) is 26.8. The van der Waals surface area contributed by atoms with Gasteiger partial charge in [-0.3, -0.25) is 28.8 Å². The van der Waals surface area contributed by atoms with Gasteiger partial charge < -0.3 is 30.1 Å². The number of cyclic esters (lactones) is 1. The van der Waals surface area contributed by atoms with E-state index in [0.717, 1.165) is 0 Å². The van der Waals surface area contributed by atoms with E-state index in [1.54, 1.807) is 14.0 Å². The highest BCUT2D eigenvalue weighted by atomic mass is 16.5. The zero-order chi connectivity index (χ0) is 31.9. The molecule has 0 aromatic heterocycles. The van der Waals surface area contributed by atoms with Gasteiger partial charge in [-0.2, -0.15) is 0 Å². The van der Waals surface area contributed by atoms with Gasteiger partial charge in [-0.15, -0.1) is 0 Å². The highest BCUT2D eigenvalue weighted by molar-refractivity contribution is 5.96. The van der Waals surface area contributed by atoms with Gasteiger partial charge in [0.15, 0.2) is 6.10 Å². The Bertz CT molecular complexity index is 1020. The number of hydrogen-bond acceptors (Lipinski definition) is 7. The van der Waals surface area contributed by atoms with Crippen LogP contribution in [0.5, 0.6) is 0 Å². The lowest BCUT2D eigenvalue weighted by atomic mass is 9.94. The van der Waals surface area contributed by atoms with Crippen molar-refractivity contribution in [2.45, 2.75) is 111 Å². The lowest BCUT2D eigenvalue weighted by Crippen LogP contribution is -2.60. The molecule has 0 saturated carbocycles. The number of carbonyl (C=O) groups excluding carboxylic acids is 6. The predicted octanol–water partition coefficient (Wildman–Crippen LogP) is 1.32. The molecule has 5 amide bonds. The van der Waals surface area contributed by atoms with Crippen LogP contribution in [0.1, 0.15) is 80.6 Å². The van der Waals surface area contributed by atoms with Gasteiger partial charge in [0.1, 0.15) is 24.2 Å². The maximum absolute atomic E-state index is 13.9. The third kappa shape index (κ3) is 8.44. The Labute approximate surface area is 250 Å². The van der Waals surface area contributed by atoms with E-state index in [1.165, 1.54) is 21.7 Å². The minimum atomic E-state index is -1.07. The lowest BCUT2D eigenvalue weighted by molar-refractivity contribution is -0.162. The van der Waals surface area contributed by atoms with Gasteiger partial charge in [0.25, 0.3) is 5.91 Å². The summed E-state index contributed by atoms with van der Waals surface area (Å²) < 4.78 is 5.59. The van der Waals surface area contributed by atoms with Crippen molar-refractivity contribution in [1.29, 1.82) is 0 Å². The molecule has 0 spiro atoms. The van der Waals surface area contributed by atoms with Crippen LogP contribution in [0.3, 0.4) is 0 Å². The second kappa shape index (κ2) is 15.3. The van der Waals surface area contributed by atoms with Gasteiger partial charge in [0.2, 0.25) is 23.6 Å². The Morgan fingerprint density at radius 1 is 0.905 bits per heavy atom. The third-order valence-corrected chi connectivity index (χ3v) is 8.44. The molecule has 2 rings (SSSR count). The number of nitrogens with one attached hydrogen (secondary N) is 2. The molecule has 0 aromatic rings. The number of rotatable bonds is 5. The van der Waals surface area contributed by atoms with E-state index in [0.29, 0.717) is 25.8 Å². The summed E-state index contributed by atoms with van der Waals surface area (Å²) in [4.78, 5) is 84.6. The van der Waals surface area contributed by atoms with Crippen LogP contribution in [0.25, 0.3) is 0 Å². The Kier molecular flexibility index (Phi) is 12.8. The number of esters is 1. The molecule has 0 bridgehead atoms. The highest BCUT2D eigenvalue weighted by Crippen LogP contribution is 2.24. The second-order valence-electron chi connectivity index (χ2n) is 12.5. The van der Waals surface area contributed by atoms with Crippen LogP contribution in [-0.2, 0) is 33.5 Å². The number of likely N-dealkylation sites (N-methyl/N-ethyl adjacent to an activating group) is 2. The van der Waals surface area contributed by atoms with Gasteiger partial charge in [-0.25, -0.2) is 0 Å². The highest BCUT2D eigenvalue weighted by Gasteiger charge is 2.42. The molecule has 12 heteroatoms. The van der Waals surface area contributed by atoms with E-state index in [9.17, 15) is 28.8 Å². The van der Waals surface area contributed by atoms with Crippen molar-refractivity contribution >= 4 is 35.5 Å². The number of ether oxygens (including phenoxy) is 1. The first kappa shape index (κ1) is 35.0. The first-order valence-electron chi connectivity index (χ1n) is 15.2. The summed E-state index contributed by atoms with van der Waals surface area (Å²) in [5, 5.41) is 5.57. The number of nitrogens with zero attached hydrogens (tertiary/aromatic N) is 3. The van der Waals surface area contributed by atoms with E-state index in [-0.39, 0.29) is 37.1 Å². The quantitative estimate of drug-likeness (QED) is 0.457. The van der Waals surface area contributed by atoms with Gasteiger partial charge in [0.05, 0.1) is 6.42 Å². The molecule has 6 atom stereocenters. The fourth-order valence-corrected chi connectivity index (χ4v) is 5.53. The summed E-state index contributed by atoms with van der Waals surface area (Å²) in [7, 11) is 3.04. The fraction of sp³-hybridized carbons (Fsp3) is 0.800. The topological polar surface area (TPSA) is 145 Å². The maximum Gasteiger partial charge on any atom is 0.308 e. The van der Waals surface area contributed by atoms with Crippen LogP contribution < -0.4 is 10.6 Å². The van der Waals surface area contributed by atoms with Crippen molar-refractivity contribution in [2.75, 3.05) is 27.2 Å². The summed E-state index contributed by atoms with van der Waals surface area (Å²) in [5.41, 5.74) is 0. The first-order chi connectivity index (χ1) is 19.6. The summed E-state index contributed by atoms with van der Waals surface area (Å²) in [6.07, 6.45) is 0.636. The lowest BCUT2D eigenvalue weighted by Gasteiger charge is -2.38. The maximum atomic E-state index is 13.9. The minimum Gasteiger partial charge on any atom is -0.452 e. The average molecular weight is 594 g/mol. The van der Waals surface area contributed by atoms with Crippen LogP contribution in [-0.4, -0.2) is 108 Å². The monoisotopic (exact) mass is 593 g/mol. The molecule has 0 radical (unpaired) electrons. The largest absolute Gasteiger partial charge is 0.452 e. The molecule has 2 aliphatic rings. The Morgan fingerprint density at radius 2 is 1.55 bits per heavy atom. The predicted molar refractivity (Wildman–Crippen MR) is 157 cm³/mol. The van der Waals surface area contributed by atoms with Crippen LogP contribution in [0, 0.1) is 17.8 Å². The van der Waals surface area contributed by atoms with E-state index in [2.05, 4.69) is 10.6 Å². The Balaban J connectivity index is 2.54.